The van der Waals surface area contributed by atoms with Gasteiger partial charge in [0.25, 0.3) is 0 Å². The number of nitrogens with two attached hydrogens (primary N) is 1. The first-order valence-corrected chi connectivity index (χ1v) is 7.95. The second-order valence-corrected chi connectivity index (χ2v) is 6.70. The highest BCUT2D eigenvalue weighted by atomic mass is 79.9. The Morgan fingerprint density at radius 1 is 1.33 bits per heavy atom. The van der Waals surface area contributed by atoms with Crippen LogP contribution in [0.25, 0.3) is 0 Å². The van der Waals surface area contributed by atoms with E-state index >= 15 is 0 Å². The highest BCUT2D eigenvalue weighted by Crippen LogP contribution is 2.22. The number of halogens is 1. The summed E-state index contributed by atoms with van der Waals surface area (Å²) >= 11 is 4.63. The molecule has 3 N–H and O–H groups in total. The summed E-state index contributed by atoms with van der Waals surface area (Å²) in [6.07, 6.45) is 0. The molecule has 1 aromatic carbocycles. The molecule has 1 amide bonds. The number of aryl methyl sites for hydroxylation is 1. The van der Waals surface area contributed by atoms with E-state index in [1.165, 1.54) is 11.8 Å². The summed E-state index contributed by atoms with van der Waals surface area (Å²) in [6, 6.07) is 9.10. The number of aromatic nitrogens is 2. The third kappa shape index (κ3) is 4.71. The molecule has 1 heterocycles. The van der Waals surface area contributed by atoms with Crippen molar-refractivity contribution in [2.24, 2.45) is 0 Å². The van der Waals surface area contributed by atoms with Gasteiger partial charge in [0, 0.05) is 21.9 Å². The Morgan fingerprint density at radius 2 is 2.00 bits per heavy atom. The third-order valence-corrected chi connectivity index (χ3v) is 4.11. The van der Waals surface area contributed by atoms with E-state index < -0.39 is 0 Å². The van der Waals surface area contributed by atoms with Crippen LogP contribution in [0.1, 0.15) is 12.6 Å². The van der Waals surface area contributed by atoms with Gasteiger partial charge in [0.05, 0.1) is 5.25 Å². The Morgan fingerprint density at radius 3 is 2.62 bits per heavy atom. The number of carbonyl (C=O) groups is 1. The number of benzene rings is 1. The van der Waals surface area contributed by atoms with Gasteiger partial charge < -0.3 is 11.1 Å². The third-order valence-electron chi connectivity index (χ3n) is 2.62. The average molecular weight is 367 g/mol. The van der Waals surface area contributed by atoms with Gasteiger partial charge in [0.2, 0.25) is 5.91 Å². The van der Waals surface area contributed by atoms with E-state index in [0.717, 1.165) is 15.9 Å². The number of nitrogens with one attached hydrogen (secondary N) is 1. The number of hydrogen-bond donors (Lipinski definition) is 2. The van der Waals surface area contributed by atoms with E-state index in [-0.39, 0.29) is 11.2 Å². The van der Waals surface area contributed by atoms with Gasteiger partial charge in [0.15, 0.2) is 5.16 Å². The molecule has 1 atom stereocenters. The van der Waals surface area contributed by atoms with Crippen LogP contribution in [0.3, 0.4) is 0 Å². The van der Waals surface area contributed by atoms with Gasteiger partial charge in [-0.1, -0.05) is 27.7 Å². The number of nitrogen functional groups attached to an aromatic ring is 1. The maximum Gasteiger partial charge on any atom is 0.237 e. The van der Waals surface area contributed by atoms with Crippen molar-refractivity contribution in [2.45, 2.75) is 24.3 Å². The maximum atomic E-state index is 12.1. The van der Waals surface area contributed by atoms with Gasteiger partial charge in [-0.3, -0.25) is 4.79 Å². The molecule has 0 fully saturated rings. The summed E-state index contributed by atoms with van der Waals surface area (Å²) in [5, 5.41) is 3.03. The van der Waals surface area contributed by atoms with Gasteiger partial charge >= 0.3 is 0 Å². The summed E-state index contributed by atoms with van der Waals surface area (Å²) in [5.41, 5.74) is 7.21. The second kappa shape index (κ2) is 6.91. The van der Waals surface area contributed by atoms with Crippen LogP contribution >= 0.6 is 27.7 Å². The molecule has 0 aliphatic carbocycles. The van der Waals surface area contributed by atoms with E-state index in [0.29, 0.717) is 11.0 Å². The molecule has 0 bridgehead atoms. The molecule has 0 radical (unpaired) electrons. The van der Waals surface area contributed by atoms with Gasteiger partial charge in [-0.05, 0) is 38.1 Å². The van der Waals surface area contributed by atoms with Crippen LogP contribution in [-0.2, 0) is 4.79 Å². The largest absolute Gasteiger partial charge is 0.384 e. The minimum Gasteiger partial charge on any atom is -0.384 e. The number of anilines is 2. The number of carbonyl (C=O) groups excluding carboxylic acids is 1. The van der Waals surface area contributed by atoms with E-state index in [1.54, 1.807) is 13.0 Å². The monoisotopic (exact) mass is 366 g/mol. The lowest BCUT2D eigenvalue weighted by Crippen LogP contribution is -2.22. The Hall–Kier alpha value is -1.60. The molecule has 21 heavy (non-hydrogen) atoms. The molecule has 2 aromatic rings. The molecule has 2 rings (SSSR count). The molecule has 0 spiro atoms. The maximum absolute atomic E-state index is 12.1. The predicted molar refractivity (Wildman–Crippen MR) is 89.3 cm³/mol. The minimum absolute atomic E-state index is 0.106. The van der Waals surface area contributed by atoms with Crippen molar-refractivity contribution in [3.05, 3.63) is 40.5 Å². The van der Waals surface area contributed by atoms with Crippen molar-refractivity contribution < 1.29 is 4.79 Å². The Bertz CT molecular complexity index is 628. The zero-order valence-electron chi connectivity index (χ0n) is 11.6. The number of nitrogens with zero attached hydrogens (tertiary/aromatic N) is 2. The summed E-state index contributed by atoms with van der Waals surface area (Å²) in [7, 11) is 0. The standard InChI is InChI=1S/C14H15BrN4OS/c1-8-7-12(16)19-14(17-8)21-9(2)13(20)18-11-5-3-10(15)4-6-11/h3-7,9H,1-2H3,(H,18,20)(H2,16,17,19). The van der Waals surface area contributed by atoms with E-state index in [1.807, 2.05) is 31.2 Å². The molecular formula is C14H15BrN4OS. The topological polar surface area (TPSA) is 80.9 Å². The Kier molecular flexibility index (Phi) is 5.19. The zero-order chi connectivity index (χ0) is 15.4. The molecule has 0 saturated carbocycles. The lowest BCUT2D eigenvalue weighted by Gasteiger charge is -2.11. The zero-order valence-corrected chi connectivity index (χ0v) is 14.0. The lowest BCUT2D eigenvalue weighted by molar-refractivity contribution is -0.115. The van der Waals surface area contributed by atoms with Crippen LogP contribution in [0.5, 0.6) is 0 Å². The fourth-order valence-electron chi connectivity index (χ4n) is 1.61. The van der Waals surface area contributed by atoms with Crippen molar-refractivity contribution in [1.29, 1.82) is 0 Å². The fraction of sp³-hybridized carbons (Fsp3) is 0.214. The molecule has 1 aromatic heterocycles. The highest BCUT2D eigenvalue weighted by molar-refractivity contribution is 9.10. The van der Waals surface area contributed by atoms with Gasteiger partial charge in [0.1, 0.15) is 5.82 Å². The lowest BCUT2D eigenvalue weighted by atomic mass is 10.3. The van der Waals surface area contributed by atoms with Crippen molar-refractivity contribution in [3.63, 3.8) is 0 Å². The van der Waals surface area contributed by atoms with E-state index in [2.05, 4.69) is 31.2 Å². The first-order chi connectivity index (χ1) is 9.94. The summed E-state index contributed by atoms with van der Waals surface area (Å²) < 4.78 is 0.964. The summed E-state index contributed by atoms with van der Waals surface area (Å²) in [5.74, 6) is 0.302. The summed E-state index contributed by atoms with van der Waals surface area (Å²) in [4.78, 5) is 20.5. The molecule has 1 unspecified atom stereocenters. The van der Waals surface area contributed by atoms with Gasteiger partial charge in [-0.2, -0.15) is 0 Å². The Balaban J connectivity index is 2.00. The predicted octanol–water partition coefficient (Wildman–Crippen LogP) is 3.25. The van der Waals surface area contributed by atoms with Crippen LogP contribution in [0.4, 0.5) is 11.5 Å². The number of hydrogen-bond acceptors (Lipinski definition) is 5. The smallest absolute Gasteiger partial charge is 0.237 e. The number of thioether (sulfide) groups is 1. The Labute approximate surface area is 135 Å². The first kappa shape index (κ1) is 15.8. The summed E-state index contributed by atoms with van der Waals surface area (Å²) in [6.45, 7) is 3.65. The molecule has 5 nitrogen and oxygen atoms in total. The minimum atomic E-state index is -0.324. The van der Waals surface area contributed by atoms with E-state index in [4.69, 9.17) is 5.73 Å². The molecule has 7 heteroatoms. The van der Waals surface area contributed by atoms with Crippen LogP contribution in [-0.4, -0.2) is 21.1 Å². The van der Waals surface area contributed by atoms with Crippen molar-refractivity contribution in [3.8, 4) is 0 Å². The van der Waals surface area contributed by atoms with Crippen molar-refractivity contribution in [2.75, 3.05) is 11.1 Å². The molecule has 0 aliphatic rings. The average Bonchev–Trinajstić information content (AvgIpc) is 2.40. The first-order valence-electron chi connectivity index (χ1n) is 6.28. The molecule has 0 saturated heterocycles. The van der Waals surface area contributed by atoms with Crippen LogP contribution in [0, 0.1) is 6.92 Å². The number of amides is 1. The SMILES string of the molecule is Cc1cc(N)nc(SC(C)C(=O)Nc2ccc(Br)cc2)n1. The normalized spacial score (nSPS) is 12.0. The molecule has 110 valence electrons. The van der Waals surface area contributed by atoms with Gasteiger partial charge in [-0.25, -0.2) is 9.97 Å². The van der Waals surface area contributed by atoms with Gasteiger partial charge in [-0.15, -0.1) is 0 Å². The second-order valence-electron chi connectivity index (χ2n) is 4.47. The quantitative estimate of drug-likeness (QED) is 0.641. The van der Waals surface area contributed by atoms with Crippen LogP contribution < -0.4 is 11.1 Å². The molecule has 0 aliphatic heterocycles. The number of rotatable bonds is 4. The van der Waals surface area contributed by atoms with Crippen molar-refractivity contribution >= 4 is 45.1 Å². The highest BCUT2D eigenvalue weighted by Gasteiger charge is 2.16. The van der Waals surface area contributed by atoms with E-state index in [9.17, 15) is 4.79 Å². The van der Waals surface area contributed by atoms with Crippen molar-refractivity contribution in [1.82, 2.24) is 9.97 Å². The van der Waals surface area contributed by atoms with Crippen LogP contribution in [0.15, 0.2) is 40.0 Å². The fourth-order valence-corrected chi connectivity index (χ4v) is 2.71. The van der Waals surface area contributed by atoms with Crippen LogP contribution in [0.2, 0.25) is 0 Å². The molecular weight excluding hydrogens is 352 g/mol.